The summed E-state index contributed by atoms with van der Waals surface area (Å²) >= 11 is 0. The molecule has 0 aliphatic rings. The Hall–Kier alpha value is -2.56. The van der Waals surface area contributed by atoms with Crippen LogP contribution in [0.4, 0.5) is 11.4 Å². The van der Waals surface area contributed by atoms with Crippen molar-refractivity contribution in [2.45, 2.75) is 13.5 Å². The second kappa shape index (κ2) is 5.39. The topological polar surface area (TPSA) is 75.4 Å². The molecule has 0 atom stereocenters. The van der Waals surface area contributed by atoms with Crippen molar-refractivity contribution in [1.82, 2.24) is 0 Å². The molecule has 0 radical (unpaired) electrons. The number of phenolic OH excluding ortho intramolecular Hbond substituents is 1. The zero-order chi connectivity index (χ0) is 13.8. The number of nitrogens with zero attached hydrogens (tertiary/aromatic N) is 1. The van der Waals surface area contributed by atoms with E-state index >= 15 is 0 Å². The van der Waals surface area contributed by atoms with E-state index in [1.165, 1.54) is 6.07 Å². The number of phenols is 1. The highest BCUT2D eigenvalue weighted by Crippen LogP contribution is 2.25. The third-order valence-corrected chi connectivity index (χ3v) is 2.77. The predicted molar refractivity (Wildman–Crippen MR) is 73.3 cm³/mol. The summed E-state index contributed by atoms with van der Waals surface area (Å²) in [5.41, 5.74) is 2.45. The molecule has 0 saturated heterocycles. The van der Waals surface area contributed by atoms with Crippen LogP contribution in [-0.4, -0.2) is 10.0 Å². The summed E-state index contributed by atoms with van der Waals surface area (Å²) in [5, 5.41) is 23.2. The summed E-state index contributed by atoms with van der Waals surface area (Å²) in [7, 11) is 0. The van der Waals surface area contributed by atoms with Gasteiger partial charge in [0.25, 0.3) is 5.69 Å². The van der Waals surface area contributed by atoms with Gasteiger partial charge in [0.1, 0.15) is 11.4 Å². The molecule has 0 bridgehead atoms. The van der Waals surface area contributed by atoms with Gasteiger partial charge in [-0.2, -0.15) is 0 Å². The Morgan fingerprint density at radius 2 is 1.89 bits per heavy atom. The van der Waals surface area contributed by atoms with E-state index in [0.717, 1.165) is 11.1 Å². The monoisotopic (exact) mass is 258 g/mol. The maximum atomic E-state index is 10.9. The number of hydrogen-bond donors (Lipinski definition) is 2. The van der Waals surface area contributed by atoms with Gasteiger partial charge < -0.3 is 10.4 Å². The molecule has 19 heavy (non-hydrogen) atoms. The minimum absolute atomic E-state index is 0.0596. The van der Waals surface area contributed by atoms with Gasteiger partial charge in [-0.25, -0.2) is 0 Å². The molecule has 2 rings (SSSR count). The average molecular weight is 258 g/mol. The molecule has 5 nitrogen and oxygen atoms in total. The average Bonchev–Trinajstić information content (AvgIpc) is 2.38. The van der Waals surface area contributed by atoms with Gasteiger partial charge in [-0.3, -0.25) is 10.1 Å². The molecular weight excluding hydrogens is 244 g/mol. The number of hydrogen-bond acceptors (Lipinski definition) is 4. The highest BCUT2D eigenvalue weighted by atomic mass is 16.6. The quantitative estimate of drug-likeness (QED) is 0.652. The number of aryl methyl sites for hydroxylation is 1. The molecule has 98 valence electrons. The molecule has 0 saturated carbocycles. The van der Waals surface area contributed by atoms with E-state index in [2.05, 4.69) is 5.32 Å². The first-order chi connectivity index (χ1) is 9.06. The Morgan fingerprint density at radius 1 is 1.21 bits per heavy atom. The summed E-state index contributed by atoms with van der Waals surface area (Å²) < 4.78 is 0. The van der Waals surface area contributed by atoms with E-state index in [1.54, 1.807) is 36.4 Å². The number of nitro benzene ring substituents is 1. The molecule has 0 aliphatic carbocycles. The fourth-order valence-corrected chi connectivity index (χ4v) is 1.76. The van der Waals surface area contributed by atoms with Crippen LogP contribution < -0.4 is 5.32 Å². The minimum Gasteiger partial charge on any atom is -0.508 e. The van der Waals surface area contributed by atoms with Crippen LogP contribution in [-0.2, 0) is 6.54 Å². The lowest BCUT2D eigenvalue weighted by molar-refractivity contribution is -0.384. The van der Waals surface area contributed by atoms with Gasteiger partial charge in [0.2, 0.25) is 0 Å². The fraction of sp³-hybridized carbons (Fsp3) is 0.143. The Bertz CT molecular complexity index is 594. The summed E-state index contributed by atoms with van der Waals surface area (Å²) in [6.45, 7) is 2.35. The molecular formula is C14H14N2O3. The third kappa shape index (κ3) is 3.22. The number of rotatable bonds is 4. The number of benzene rings is 2. The smallest absolute Gasteiger partial charge is 0.292 e. The largest absolute Gasteiger partial charge is 0.508 e. The highest BCUT2D eigenvalue weighted by Gasteiger charge is 2.12. The molecule has 0 unspecified atom stereocenters. The van der Waals surface area contributed by atoms with Gasteiger partial charge in [-0.1, -0.05) is 18.2 Å². The van der Waals surface area contributed by atoms with E-state index in [0.29, 0.717) is 12.2 Å². The zero-order valence-electron chi connectivity index (χ0n) is 10.5. The second-order valence-electron chi connectivity index (χ2n) is 4.30. The Labute approximate surface area is 110 Å². The molecule has 5 heteroatoms. The number of aromatic hydroxyl groups is 1. The van der Waals surface area contributed by atoms with Crippen LogP contribution in [0.3, 0.4) is 0 Å². The van der Waals surface area contributed by atoms with Crippen molar-refractivity contribution in [3.05, 3.63) is 63.7 Å². The van der Waals surface area contributed by atoms with E-state index in [-0.39, 0.29) is 11.4 Å². The van der Waals surface area contributed by atoms with Crippen LogP contribution in [0.2, 0.25) is 0 Å². The van der Waals surface area contributed by atoms with Crippen molar-refractivity contribution in [2.75, 3.05) is 5.32 Å². The maximum absolute atomic E-state index is 10.9. The van der Waals surface area contributed by atoms with Crippen molar-refractivity contribution < 1.29 is 10.0 Å². The highest BCUT2D eigenvalue weighted by molar-refractivity contribution is 5.62. The second-order valence-corrected chi connectivity index (χ2v) is 4.30. The molecule has 0 amide bonds. The molecule has 0 aromatic heterocycles. The van der Waals surface area contributed by atoms with Crippen molar-refractivity contribution >= 4 is 11.4 Å². The summed E-state index contributed by atoms with van der Waals surface area (Å²) in [6.07, 6.45) is 0. The number of anilines is 1. The van der Waals surface area contributed by atoms with Gasteiger partial charge in [0.05, 0.1) is 4.92 Å². The van der Waals surface area contributed by atoms with Crippen molar-refractivity contribution in [1.29, 1.82) is 0 Å². The van der Waals surface area contributed by atoms with E-state index in [9.17, 15) is 15.2 Å². The van der Waals surface area contributed by atoms with Crippen molar-refractivity contribution in [3.8, 4) is 5.75 Å². The standard InChI is InChI=1S/C14H14N2O3/c1-10-2-7-14(16(18)19)13(8-10)15-9-11-3-5-12(17)6-4-11/h2-8,15,17H,9H2,1H3. The minimum atomic E-state index is -0.404. The molecule has 0 fully saturated rings. The van der Waals surface area contributed by atoms with Gasteiger partial charge in [0, 0.05) is 12.6 Å². The lowest BCUT2D eigenvalue weighted by Gasteiger charge is -2.08. The summed E-state index contributed by atoms with van der Waals surface area (Å²) in [5.74, 6) is 0.199. The molecule has 0 spiro atoms. The molecule has 2 aromatic carbocycles. The number of nitro groups is 1. The maximum Gasteiger partial charge on any atom is 0.292 e. The van der Waals surface area contributed by atoms with Crippen molar-refractivity contribution in [3.63, 3.8) is 0 Å². The van der Waals surface area contributed by atoms with Crippen molar-refractivity contribution in [2.24, 2.45) is 0 Å². The van der Waals surface area contributed by atoms with Crippen LogP contribution in [0.1, 0.15) is 11.1 Å². The lowest BCUT2D eigenvalue weighted by atomic mass is 10.1. The lowest BCUT2D eigenvalue weighted by Crippen LogP contribution is -2.02. The van der Waals surface area contributed by atoms with Crippen LogP contribution in [0.25, 0.3) is 0 Å². The van der Waals surface area contributed by atoms with Gasteiger partial charge in [-0.05, 0) is 36.2 Å². The Balaban J connectivity index is 2.16. The predicted octanol–water partition coefficient (Wildman–Crippen LogP) is 3.22. The number of nitrogens with one attached hydrogen (secondary N) is 1. The molecule has 0 aliphatic heterocycles. The van der Waals surface area contributed by atoms with Crippen LogP contribution in [0.5, 0.6) is 5.75 Å². The molecule has 2 N–H and O–H groups in total. The SMILES string of the molecule is Cc1ccc([N+](=O)[O-])c(NCc2ccc(O)cc2)c1. The van der Waals surface area contributed by atoms with E-state index in [4.69, 9.17) is 0 Å². The first-order valence-corrected chi connectivity index (χ1v) is 5.83. The van der Waals surface area contributed by atoms with Crippen LogP contribution in [0, 0.1) is 17.0 Å². The van der Waals surface area contributed by atoms with Crippen LogP contribution in [0.15, 0.2) is 42.5 Å². The first kappa shape index (κ1) is 12.9. The summed E-state index contributed by atoms with van der Waals surface area (Å²) in [4.78, 5) is 10.5. The molecule has 0 heterocycles. The third-order valence-electron chi connectivity index (χ3n) is 2.77. The van der Waals surface area contributed by atoms with Gasteiger partial charge in [-0.15, -0.1) is 0 Å². The zero-order valence-corrected chi connectivity index (χ0v) is 10.5. The van der Waals surface area contributed by atoms with E-state index < -0.39 is 4.92 Å². The van der Waals surface area contributed by atoms with Crippen LogP contribution >= 0.6 is 0 Å². The summed E-state index contributed by atoms with van der Waals surface area (Å²) in [6, 6.07) is 11.7. The Kier molecular flexibility index (Phi) is 3.66. The van der Waals surface area contributed by atoms with E-state index in [1.807, 2.05) is 6.92 Å². The van der Waals surface area contributed by atoms with Gasteiger partial charge >= 0.3 is 0 Å². The Morgan fingerprint density at radius 3 is 2.53 bits per heavy atom. The fourth-order valence-electron chi connectivity index (χ4n) is 1.76. The van der Waals surface area contributed by atoms with Gasteiger partial charge in [0.15, 0.2) is 0 Å². The normalized spacial score (nSPS) is 10.2. The molecule has 2 aromatic rings. The first-order valence-electron chi connectivity index (χ1n) is 5.83.